The van der Waals surface area contributed by atoms with Crippen LogP contribution in [0.15, 0.2) is 60.8 Å². The van der Waals surface area contributed by atoms with Crippen molar-refractivity contribution in [3.05, 3.63) is 60.8 Å². The number of hydrogen-bond donors (Lipinski definition) is 4. The van der Waals surface area contributed by atoms with E-state index in [1.54, 1.807) is 0 Å². The number of carbonyl (C=O) groups is 4. The normalized spacial score (nSPS) is 12.9. The van der Waals surface area contributed by atoms with Gasteiger partial charge in [0.25, 0.3) is 0 Å². The molecule has 0 aromatic heterocycles. The number of unbranched alkanes of at least 4 members (excludes halogenated alkanes) is 23. The van der Waals surface area contributed by atoms with Crippen molar-refractivity contribution in [3.8, 4) is 0 Å². The summed E-state index contributed by atoms with van der Waals surface area (Å²) in [6.45, 7) is 3.39. The maximum Gasteiger partial charge on any atom is 0.328 e. The largest absolute Gasteiger partial charge is 0.480 e. The van der Waals surface area contributed by atoms with Gasteiger partial charge in [-0.15, -0.1) is 0 Å². The summed E-state index contributed by atoms with van der Waals surface area (Å²) in [6, 6.07) is -1.39. The van der Waals surface area contributed by atoms with E-state index in [4.69, 9.17) is 14.9 Å². The third-order valence-corrected chi connectivity index (χ3v) is 11.5. The van der Waals surface area contributed by atoms with Crippen LogP contribution in [0, 0.1) is 0 Å². The molecule has 2 unspecified atom stereocenters. The van der Waals surface area contributed by atoms with E-state index >= 15 is 0 Å². The standard InChI is InChI=1S/C55H96N2O7/c1-3-5-7-9-11-13-15-17-19-20-21-22-23-24-26-28-30-32-34-39-43-47-54(61)64-50(44-40-36-33-31-29-27-25-18-16-14-12-10-8-6-4-2)45-41-37-35-38-42-46-52(59)56-48-53(60)57-51(49-58)55(62)63/h5,7,11,13,17,19,21-22,24,26,50-51,58H,3-4,6,8-10,12,14-16,18,20,23,25,27-49H2,1-2H3,(H,56,59)(H,57,60)(H,62,63)/b7-5-,13-11-,19-17-,22-21-,26-24-. The SMILES string of the molecule is CC/C=C\C/C=C\C/C=C\C/C=C\C/C=C\CCCCCCCC(=O)OC(CCCCCCCCCCCCCCCCC)CCCCCCCC(=O)NCC(=O)NC(CO)C(=O)O. The lowest BCUT2D eigenvalue weighted by molar-refractivity contribution is -0.150. The van der Waals surface area contributed by atoms with Gasteiger partial charge >= 0.3 is 11.9 Å². The molecule has 9 nitrogen and oxygen atoms in total. The summed E-state index contributed by atoms with van der Waals surface area (Å²) in [4.78, 5) is 47.8. The van der Waals surface area contributed by atoms with E-state index in [2.05, 4.69) is 85.2 Å². The Morgan fingerprint density at radius 2 is 0.891 bits per heavy atom. The number of hydrogen-bond acceptors (Lipinski definition) is 6. The summed E-state index contributed by atoms with van der Waals surface area (Å²) in [5, 5.41) is 22.6. The summed E-state index contributed by atoms with van der Waals surface area (Å²) in [7, 11) is 0. The molecule has 0 aliphatic heterocycles. The zero-order valence-electron chi connectivity index (χ0n) is 41.0. The number of carboxylic acid groups (broad SMARTS) is 1. The fraction of sp³-hybridized carbons (Fsp3) is 0.745. The van der Waals surface area contributed by atoms with E-state index in [0.29, 0.717) is 19.3 Å². The third kappa shape index (κ3) is 45.1. The number of carbonyl (C=O) groups excluding carboxylic acids is 3. The quantitative estimate of drug-likeness (QED) is 0.0271. The lowest BCUT2D eigenvalue weighted by Gasteiger charge is -2.18. The minimum absolute atomic E-state index is 0.0265. The van der Waals surface area contributed by atoms with Gasteiger partial charge in [-0.3, -0.25) is 14.4 Å². The minimum atomic E-state index is -1.39. The molecule has 0 aromatic carbocycles. The summed E-state index contributed by atoms with van der Waals surface area (Å²) in [5.41, 5.74) is 0. The number of allylic oxidation sites excluding steroid dienone is 10. The third-order valence-electron chi connectivity index (χ3n) is 11.5. The van der Waals surface area contributed by atoms with Crippen LogP contribution < -0.4 is 10.6 Å². The first-order valence-electron chi connectivity index (χ1n) is 26.2. The zero-order chi connectivity index (χ0) is 46.8. The summed E-state index contributed by atoms with van der Waals surface area (Å²) < 4.78 is 6.07. The first-order valence-corrected chi connectivity index (χ1v) is 26.2. The van der Waals surface area contributed by atoms with E-state index in [9.17, 15) is 19.2 Å². The number of nitrogens with one attached hydrogen (secondary N) is 2. The van der Waals surface area contributed by atoms with Crippen LogP contribution in [0.3, 0.4) is 0 Å². The molecule has 64 heavy (non-hydrogen) atoms. The number of ether oxygens (including phenoxy) is 1. The van der Waals surface area contributed by atoms with Crippen molar-refractivity contribution in [2.45, 2.75) is 251 Å². The average molecular weight is 897 g/mol. The number of aliphatic hydroxyl groups is 1. The highest BCUT2D eigenvalue weighted by atomic mass is 16.5. The Kier molecular flexibility index (Phi) is 46.3. The second-order valence-electron chi connectivity index (χ2n) is 17.6. The topological polar surface area (TPSA) is 142 Å². The van der Waals surface area contributed by atoms with E-state index in [1.807, 2.05) is 0 Å². The Morgan fingerprint density at radius 1 is 0.484 bits per heavy atom. The minimum Gasteiger partial charge on any atom is -0.480 e. The zero-order valence-corrected chi connectivity index (χ0v) is 41.0. The van der Waals surface area contributed by atoms with Crippen LogP contribution in [-0.2, 0) is 23.9 Å². The number of carboxylic acids is 1. The number of aliphatic hydroxyl groups excluding tert-OH is 1. The van der Waals surface area contributed by atoms with Gasteiger partial charge in [-0.1, -0.05) is 203 Å². The van der Waals surface area contributed by atoms with Gasteiger partial charge in [-0.05, 0) is 83.5 Å². The predicted molar refractivity (Wildman–Crippen MR) is 268 cm³/mol. The van der Waals surface area contributed by atoms with Gasteiger partial charge in [0.05, 0.1) is 13.2 Å². The van der Waals surface area contributed by atoms with E-state index in [-0.39, 0.29) is 24.5 Å². The van der Waals surface area contributed by atoms with E-state index < -0.39 is 24.5 Å². The van der Waals surface area contributed by atoms with Gasteiger partial charge in [-0.2, -0.15) is 0 Å². The molecule has 0 saturated heterocycles. The first kappa shape index (κ1) is 60.5. The Labute approximate surface area is 391 Å². The Balaban J connectivity index is 4.34. The molecular weight excluding hydrogens is 801 g/mol. The first-order chi connectivity index (χ1) is 31.3. The van der Waals surface area contributed by atoms with Crippen LogP contribution in [0.1, 0.15) is 239 Å². The van der Waals surface area contributed by atoms with Gasteiger partial charge in [-0.25, -0.2) is 4.79 Å². The van der Waals surface area contributed by atoms with Crippen LogP contribution in [0.4, 0.5) is 0 Å². The predicted octanol–water partition coefficient (Wildman–Crippen LogP) is 14.1. The highest BCUT2D eigenvalue weighted by molar-refractivity contribution is 5.87. The van der Waals surface area contributed by atoms with Crippen molar-refractivity contribution < 1.29 is 34.1 Å². The smallest absolute Gasteiger partial charge is 0.328 e. The van der Waals surface area contributed by atoms with E-state index in [1.165, 1.54) is 103 Å². The molecule has 0 radical (unpaired) electrons. The lowest BCUT2D eigenvalue weighted by Crippen LogP contribution is -2.47. The molecule has 0 rings (SSSR count). The maximum atomic E-state index is 12.9. The van der Waals surface area contributed by atoms with Gasteiger partial charge in [0, 0.05) is 12.8 Å². The molecule has 0 spiro atoms. The van der Waals surface area contributed by atoms with Crippen molar-refractivity contribution in [1.82, 2.24) is 10.6 Å². The van der Waals surface area contributed by atoms with E-state index in [0.717, 1.165) is 103 Å². The Bertz CT molecular complexity index is 1260. The molecule has 4 N–H and O–H groups in total. The molecule has 0 fully saturated rings. The average Bonchev–Trinajstić information content (AvgIpc) is 3.28. The molecule has 2 amide bonds. The number of aliphatic carboxylic acids is 1. The van der Waals surface area contributed by atoms with Gasteiger partial charge in [0.2, 0.25) is 11.8 Å². The maximum absolute atomic E-state index is 12.9. The fourth-order valence-corrected chi connectivity index (χ4v) is 7.57. The van der Waals surface area contributed by atoms with Gasteiger partial charge in [0.15, 0.2) is 0 Å². The molecule has 9 heteroatoms. The second-order valence-corrected chi connectivity index (χ2v) is 17.6. The van der Waals surface area contributed by atoms with Crippen LogP contribution in [-0.4, -0.2) is 59.3 Å². The monoisotopic (exact) mass is 897 g/mol. The van der Waals surface area contributed by atoms with Gasteiger partial charge < -0.3 is 25.6 Å². The van der Waals surface area contributed by atoms with Crippen molar-refractivity contribution in [2.24, 2.45) is 0 Å². The number of amides is 2. The molecular formula is C55H96N2O7. The second kappa shape index (κ2) is 49.0. The molecule has 368 valence electrons. The Morgan fingerprint density at radius 3 is 1.34 bits per heavy atom. The highest BCUT2D eigenvalue weighted by Gasteiger charge is 2.19. The van der Waals surface area contributed by atoms with Crippen LogP contribution >= 0.6 is 0 Å². The summed E-state index contributed by atoms with van der Waals surface area (Å²) >= 11 is 0. The number of esters is 1. The molecule has 0 aliphatic carbocycles. The fourth-order valence-electron chi connectivity index (χ4n) is 7.57. The Hall–Kier alpha value is -3.46. The molecule has 0 aliphatic rings. The molecule has 0 saturated carbocycles. The lowest BCUT2D eigenvalue weighted by atomic mass is 10.0. The van der Waals surface area contributed by atoms with Gasteiger partial charge in [0.1, 0.15) is 12.1 Å². The number of rotatable bonds is 47. The highest BCUT2D eigenvalue weighted by Crippen LogP contribution is 2.19. The molecule has 0 heterocycles. The summed E-state index contributed by atoms with van der Waals surface area (Å²) in [6.07, 6.45) is 61.1. The molecule has 0 bridgehead atoms. The molecule has 2 atom stereocenters. The van der Waals surface area contributed by atoms with Crippen molar-refractivity contribution in [1.29, 1.82) is 0 Å². The summed E-state index contributed by atoms with van der Waals surface area (Å²) in [5.74, 6) is -2.30. The van der Waals surface area contributed by atoms with Crippen LogP contribution in [0.5, 0.6) is 0 Å². The van der Waals surface area contributed by atoms with Crippen molar-refractivity contribution >= 4 is 23.8 Å². The van der Waals surface area contributed by atoms with Crippen LogP contribution in [0.25, 0.3) is 0 Å². The van der Waals surface area contributed by atoms with Crippen molar-refractivity contribution in [3.63, 3.8) is 0 Å². The van der Waals surface area contributed by atoms with Crippen LogP contribution in [0.2, 0.25) is 0 Å². The molecule has 0 aromatic rings. The van der Waals surface area contributed by atoms with Crippen molar-refractivity contribution in [2.75, 3.05) is 13.2 Å².